The van der Waals surface area contributed by atoms with Crippen molar-refractivity contribution in [2.45, 2.75) is 40.2 Å². The van der Waals surface area contributed by atoms with Gasteiger partial charge in [-0.15, -0.1) is 0 Å². The highest BCUT2D eigenvalue weighted by atomic mass is 16.6. The molecule has 9 heteroatoms. The minimum Gasteiger partial charge on any atom is -0.495 e. The summed E-state index contributed by atoms with van der Waals surface area (Å²) in [5, 5.41) is 8.67. The first kappa shape index (κ1) is 27.1. The number of fused-ring (bicyclic) bond motifs is 1. The molecule has 0 spiro atoms. The molecule has 40 heavy (non-hydrogen) atoms. The molecule has 1 aromatic carbocycles. The van der Waals surface area contributed by atoms with E-state index < -0.39 is 6.09 Å². The molecular formula is C31H36N6O3. The lowest BCUT2D eigenvalue weighted by Gasteiger charge is -2.23. The average Bonchev–Trinajstić information content (AvgIpc) is 3.47. The number of allylic oxidation sites excluding steroid dienone is 2. The zero-order chi connectivity index (χ0) is 28.6. The fourth-order valence-electron chi connectivity index (χ4n) is 5.08. The lowest BCUT2D eigenvalue weighted by atomic mass is 10.0. The van der Waals surface area contributed by atoms with Crippen LogP contribution in [0.15, 0.2) is 60.6 Å². The van der Waals surface area contributed by atoms with E-state index in [1.165, 1.54) is 5.57 Å². The van der Waals surface area contributed by atoms with E-state index >= 15 is 0 Å². The second kappa shape index (κ2) is 10.9. The molecule has 3 aromatic heterocycles. The first-order chi connectivity index (χ1) is 19.2. The maximum Gasteiger partial charge on any atom is 0.419 e. The molecule has 0 radical (unpaired) electrons. The Kier molecular flexibility index (Phi) is 7.38. The van der Waals surface area contributed by atoms with Gasteiger partial charge in [-0.05, 0) is 51.0 Å². The molecular weight excluding hydrogens is 504 g/mol. The maximum atomic E-state index is 13.4. The highest BCUT2D eigenvalue weighted by Crippen LogP contribution is 2.35. The summed E-state index contributed by atoms with van der Waals surface area (Å²) in [4.78, 5) is 20.2. The molecule has 0 atom stereocenters. The van der Waals surface area contributed by atoms with Crippen LogP contribution < -0.4 is 10.1 Å². The van der Waals surface area contributed by atoms with Crippen molar-refractivity contribution >= 4 is 34.1 Å². The van der Waals surface area contributed by atoms with Crippen molar-refractivity contribution < 1.29 is 14.3 Å². The summed E-state index contributed by atoms with van der Waals surface area (Å²) in [5.41, 5.74) is 7.50. The lowest BCUT2D eigenvalue weighted by Crippen LogP contribution is -2.22. The fraction of sp³-hybridized carbons (Fsp3) is 0.323. The van der Waals surface area contributed by atoms with Crippen molar-refractivity contribution in [1.82, 2.24) is 24.2 Å². The van der Waals surface area contributed by atoms with E-state index in [1.807, 2.05) is 71.4 Å². The van der Waals surface area contributed by atoms with Crippen LogP contribution in [0, 0.1) is 6.92 Å². The smallest absolute Gasteiger partial charge is 0.419 e. The summed E-state index contributed by atoms with van der Waals surface area (Å²) < 4.78 is 14.8. The molecule has 4 aromatic rings. The van der Waals surface area contributed by atoms with Gasteiger partial charge in [-0.2, -0.15) is 5.10 Å². The Morgan fingerprint density at radius 1 is 1.18 bits per heavy atom. The molecule has 208 valence electrons. The van der Waals surface area contributed by atoms with Crippen molar-refractivity contribution in [3.63, 3.8) is 0 Å². The molecule has 4 heterocycles. The van der Waals surface area contributed by atoms with E-state index in [0.29, 0.717) is 17.1 Å². The molecule has 1 N–H and O–H groups in total. The van der Waals surface area contributed by atoms with E-state index in [-0.39, 0.29) is 6.10 Å². The Morgan fingerprint density at radius 3 is 2.65 bits per heavy atom. The predicted octanol–water partition coefficient (Wildman–Crippen LogP) is 6.51. The number of aromatic nitrogens is 4. The van der Waals surface area contributed by atoms with E-state index in [2.05, 4.69) is 39.5 Å². The monoisotopic (exact) mass is 540 g/mol. The van der Waals surface area contributed by atoms with Gasteiger partial charge >= 0.3 is 6.09 Å². The number of nitrogens with zero attached hydrogens (tertiary/aromatic N) is 5. The molecule has 0 unspecified atom stereocenters. The number of rotatable bonds is 7. The zero-order valence-electron chi connectivity index (χ0n) is 24.1. The van der Waals surface area contributed by atoms with Gasteiger partial charge in [0, 0.05) is 61.8 Å². The zero-order valence-corrected chi connectivity index (χ0v) is 24.1. The Morgan fingerprint density at radius 2 is 1.98 bits per heavy atom. The fourth-order valence-corrected chi connectivity index (χ4v) is 5.08. The number of carbonyl (C=O) groups is 1. The average molecular weight is 541 g/mol. The number of pyridine rings is 1. The van der Waals surface area contributed by atoms with Gasteiger partial charge in [0.25, 0.3) is 0 Å². The molecule has 0 amide bonds. The molecule has 9 nitrogen and oxygen atoms in total. The molecule has 0 saturated heterocycles. The molecule has 0 saturated carbocycles. The summed E-state index contributed by atoms with van der Waals surface area (Å²) in [6.07, 6.45) is 8.26. The van der Waals surface area contributed by atoms with E-state index in [1.54, 1.807) is 22.6 Å². The van der Waals surface area contributed by atoms with Crippen molar-refractivity contribution in [2.24, 2.45) is 7.05 Å². The van der Waals surface area contributed by atoms with Gasteiger partial charge in [-0.3, -0.25) is 4.68 Å². The number of anilines is 2. The van der Waals surface area contributed by atoms with E-state index in [4.69, 9.17) is 9.47 Å². The van der Waals surface area contributed by atoms with Crippen LogP contribution in [-0.2, 0) is 11.8 Å². The molecule has 0 fully saturated rings. The van der Waals surface area contributed by atoms with Gasteiger partial charge in [0.2, 0.25) is 0 Å². The van der Waals surface area contributed by atoms with E-state index in [9.17, 15) is 4.79 Å². The SMILES string of the molecule is CCC1=CC(c2cc3cnc(Nc4ccc(-c5cn(C)nc5C)cc4OC)cc3n2C(=O)OC(C)C)=CN(C)C1. The highest BCUT2D eigenvalue weighted by molar-refractivity contribution is 5.97. The van der Waals surface area contributed by atoms with Gasteiger partial charge in [-0.1, -0.05) is 24.6 Å². The van der Waals surface area contributed by atoms with Crippen LogP contribution in [0.4, 0.5) is 16.3 Å². The summed E-state index contributed by atoms with van der Waals surface area (Å²) in [6.45, 7) is 8.70. The van der Waals surface area contributed by atoms with Crippen LogP contribution in [0.3, 0.4) is 0 Å². The Hall–Kier alpha value is -4.53. The first-order valence-corrected chi connectivity index (χ1v) is 13.5. The molecule has 0 aliphatic carbocycles. The number of aryl methyl sites for hydroxylation is 2. The minimum atomic E-state index is -0.425. The number of nitrogens with one attached hydrogen (secondary N) is 1. The van der Waals surface area contributed by atoms with Crippen molar-refractivity contribution in [3.05, 3.63) is 72.0 Å². The molecule has 1 aliphatic rings. The quantitative estimate of drug-likeness (QED) is 0.286. The van der Waals surface area contributed by atoms with Gasteiger partial charge in [0.05, 0.1) is 35.8 Å². The summed E-state index contributed by atoms with van der Waals surface area (Å²) in [6, 6.07) is 9.83. The topological polar surface area (TPSA) is 86.4 Å². The second-order valence-electron chi connectivity index (χ2n) is 10.4. The van der Waals surface area contributed by atoms with Gasteiger partial charge < -0.3 is 19.7 Å². The largest absolute Gasteiger partial charge is 0.495 e. The number of hydrogen-bond donors (Lipinski definition) is 1. The molecule has 1 aliphatic heterocycles. The summed E-state index contributed by atoms with van der Waals surface area (Å²) in [5.74, 6) is 1.25. The number of likely N-dealkylation sites (N-methyl/N-ethyl adjacent to an activating group) is 1. The number of carbonyl (C=O) groups excluding carboxylic acids is 1. The standard InChI is InChI=1S/C31H36N6O3/c1-8-21-11-24(17-35(5)16-21)27-12-23-15-32-30(14-28(23)37(27)31(38)40-19(2)3)33-26-10-9-22(13-29(26)39-7)25-18-36(6)34-20(25)4/h9-15,17-19H,8,16H2,1-7H3,(H,32,33). The summed E-state index contributed by atoms with van der Waals surface area (Å²) >= 11 is 0. The maximum absolute atomic E-state index is 13.4. The predicted molar refractivity (Wildman–Crippen MR) is 159 cm³/mol. The third-order valence-electron chi connectivity index (χ3n) is 6.92. The van der Waals surface area contributed by atoms with Gasteiger partial charge in [0.1, 0.15) is 11.6 Å². The van der Waals surface area contributed by atoms with E-state index in [0.717, 1.165) is 52.1 Å². The second-order valence-corrected chi connectivity index (χ2v) is 10.4. The van der Waals surface area contributed by atoms with Crippen LogP contribution in [0.1, 0.15) is 38.6 Å². The normalized spacial score (nSPS) is 13.4. The van der Waals surface area contributed by atoms with Gasteiger partial charge in [0.15, 0.2) is 0 Å². The van der Waals surface area contributed by atoms with Crippen LogP contribution in [0.25, 0.3) is 27.6 Å². The number of ether oxygens (including phenoxy) is 2. The Bertz CT molecular complexity index is 1640. The van der Waals surface area contributed by atoms with Crippen LogP contribution in [0.2, 0.25) is 0 Å². The third-order valence-corrected chi connectivity index (χ3v) is 6.92. The Balaban J connectivity index is 1.56. The molecule has 0 bridgehead atoms. The van der Waals surface area contributed by atoms with Crippen molar-refractivity contribution in [1.29, 1.82) is 0 Å². The third kappa shape index (κ3) is 5.32. The first-order valence-electron chi connectivity index (χ1n) is 13.5. The van der Waals surface area contributed by atoms with Crippen molar-refractivity contribution in [2.75, 3.05) is 26.0 Å². The Labute approximate surface area is 234 Å². The van der Waals surface area contributed by atoms with Crippen LogP contribution >= 0.6 is 0 Å². The van der Waals surface area contributed by atoms with Crippen LogP contribution in [-0.4, -0.2) is 57.1 Å². The van der Waals surface area contributed by atoms with Gasteiger partial charge in [-0.25, -0.2) is 14.3 Å². The number of hydrogen-bond acceptors (Lipinski definition) is 7. The minimum absolute atomic E-state index is 0.256. The molecule has 5 rings (SSSR count). The lowest BCUT2D eigenvalue weighted by molar-refractivity contribution is 0.118. The summed E-state index contributed by atoms with van der Waals surface area (Å²) in [7, 11) is 5.59. The number of methoxy groups -OCH3 is 1. The van der Waals surface area contributed by atoms with Crippen molar-refractivity contribution in [3.8, 4) is 16.9 Å². The number of benzene rings is 1. The van der Waals surface area contributed by atoms with Crippen LogP contribution in [0.5, 0.6) is 5.75 Å². The highest BCUT2D eigenvalue weighted by Gasteiger charge is 2.22.